The number of hydrogen-bond donors (Lipinski definition) is 1. The fourth-order valence-corrected chi connectivity index (χ4v) is 2.65. The SMILES string of the molecule is COCC1(c2cccc(OC)c2)CCNCC1. The Balaban J connectivity index is 2.30. The molecule has 2 rings (SSSR count). The number of methoxy groups -OCH3 is 2. The molecule has 3 heteroatoms. The number of nitrogens with one attached hydrogen (secondary N) is 1. The van der Waals surface area contributed by atoms with E-state index in [-0.39, 0.29) is 5.41 Å². The minimum atomic E-state index is 0.147. The Labute approximate surface area is 103 Å². The molecule has 1 aromatic rings. The van der Waals surface area contributed by atoms with Gasteiger partial charge in [0.25, 0.3) is 0 Å². The Hall–Kier alpha value is -1.06. The van der Waals surface area contributed by atoms with Crippen LogP contribution in [-0.4, -0.2) is 33.9 Å². The van der Waals surface area contributed by atoms with Crippen LogP contribution in [0.5, 0.6) is 5.75 Å². The zero-order valence-electron chi connectivity index (χ0n) is 10.7. The zero-order valence-corrected chi connectivity index (χ0v) is 10.7. The molecule has 0 atom stereocenters. The second-order valence-electron chi connectivity index (χ2n) is 4.70. The lowest BCUT2D eigenvalue weighted by Gasteiger charge is -2.37. The highest BCUT2D eigenvalue weighted by Gasteiger charge is 2.34. The summed E-state index contributed by atoms with van der Waals surface area (Å²) in [5, 5.41) is 3.41. The molecule has 1 aliphatic heterocycles. The summed E-state index contributed by atoms with van der Waals surface area (Å²) in [4.78, 5) is 0. The van der Waals surface area contributed by atoms with Crippen molar-refractivity contribution >= 4 is 0 Å². The maximum absolute atomic E-state index is 5.44. The topological polar surface area (TPSA) is 30.5 Å². The highest BCUT2D eigenvalue weighted by Crippen LogP contribution is 2.35. The van der Waals surface area contributed by atoms with E-state index in [2.05, 4.69) is 23.5 Å². The molecule has 0 unspecified atom stereocenters. The van der Waals surface area contributed by atoms with Crippen LogP contribution in [0.2, 0.25) is 0 Å². The Morgan fingerprint density at radius 2 is 2.00 bits per heavy atom. The molecule has 0 saturated carbocycles. The van der Waals surface area contributed by atoms with Crippen molar-refractivity contribution in [2.24, 2.45) is 0 Å². The lowest BCUT2D eigenvalue weighted by molar-refractivity contribution is 0.108. The molecule has 0 aromatic heterocycles. The monoisotopic (exact) mass is 235 g/mol. The third kappa shape index (κ3) is 2.61. The summed E-state index contributed by atoms with van der Waals surface area (Å²) in [6.07, 6.45) is 2.24. The highest BCUT2D eigenvalue weighted by atomic mass is 16.5. The van der Waals surface area contributed by atoms with Gasteiger partial charge in [0.1, 0.15) is 5.75 Å². The first-order chi connectivity index (χ1) is 8.30. The second kappa shape index (κ2) is 5.52. The fraction of sp³-hybridized carbons (Fsp3) is 0.571. The minimum Gasteiger partial charge on any atom is -0.497 e. The number of hydrogen-bond acceptors (Lipinski definition) is 3. The van der Waals surface area contributed by atoms with Crippen molar-refractivity contribution in [2.75, 3.05) is 33.9 Å². The van der Waals surface area contributed by atoms with Gasteiger partial charge in [-0.1, -0.05) is 12.1 Å². The van der Waals surface area contributed by atoms with E-state index in [0.29, 0.717) is 0 Å². The maximum atomic E-state index is 5.44. The van der Waals surface area contributed by atoms with E-state index in [1.54, 1.807) is 14.2 Å². The largest absolute Gasteiger partial charge is 0.497 e. The van der Waals surface area contributed by atoms with Gasteiger partial charge in [0, 0.05) is 12.5 Å². The van der Waals surface area contributed by atoms with Crippen LogP contribution in [0.15, 0.2) is 24.3 Å². The lowest BCUT2D eigenvalue weighted by atomic mass is 9.74. The number of rotatable bonds is 4. The van der Waals surface area contributed by atoms with Crippen molar-refractivity contribution in [2.45, 2.75) is 18.3 Å². The van der Waals surface area contributed by atoms with Crippen LogP contribution < -0.4 is 10.1 Å². The van der Waals surface area contributed by atoms with Gasteiger partial charge < -0.3 is 14.8 Å². The Kier molecular flexibility index (Phi) is 4.02. The van der Waals surface area contributed by atoms with Crippen LogP contribution >= 0.6 is 0 Å². The molecule has 0 bridgehead atoms. The number of benzene rings is 1. The average Bonchev–Trinajstić information content (AvgIpc) is 2.40. The van der Waals surface area contributed by atoms with Gasteiger partial charge in [-0.25, -0.2) is 0 Å². The smallest absolute Gasteiger partial charge is 0.119 e. The van der Waals surface area contributed by atoms with E-state index in [0.717, 1.165) is 38.3 Å². The van der Waals surface area contributed by atoms with E-state index in [1.807, 2.05) is 6.07 Å². The Bertz CT molecular complexity index is 353. The van der Waals surface area contributed by atoms with Gasteiger partial charge in [0.05, 0.1) is 13.7 Å². The third-order valence-corrected chi connectivity index (χ3v) is 3.66. The van der Waals surface area contributed by atoms with Gasteiger partial charge >= 0.3 is 0 Å². The highest BCUT2D eigenvalue weighted by molar-refractivity contribution is 5.34. The van der Waals surface area contributed by atoms with Crippen molar-refractivity contribution < 1.29 is 9.47 Å². The molecule has 17 heavy (non-hydrogen) atoms. The Morgan fingerprint density at radius 1 is 1.24 bits per heavy atom. The molecule has 1 aliphatic rings. The van der Waals surface area contributed by atoms with Crippen molar-refractivity contribution in [3.8, 4) is 5.75 Å². The fourth-order valence-electron chi connectivity index (χ4n) is 2.65. The molecule has 0 aliphatic carbocycles. The molecule has 94 valence electrons. The standard InChI is InChI=1S/C14H21NO2/c1-16-11-14(6-8-15-9-7-14)12-4-3-5-13(10-12)17-2/h3-5,10,15H,6-9,11H2,1-2H3. The first kappa shape index (κ1) is 12.4. The molecular weight excluding hydrogens is 214 g/mol. The van der Waals surface area contributed by atoms with Crippen LogP contribution in [0.1, 0.15) is 18.4 Å². The summed E-state index contributed by atoms with van der Waals surface area (Å²) in [5.41, 5.74) is 1.48. The summed E-state index contributed by atoms with van der Waals surface area (Å²) >= 11 is 0. The summed E-state index contributed by atoms with van der Waals surface area (Å²) in [6, 6.07) is 8.38. The summed E-state index contributed by atoms with van der Waals surface area (Å²) < 4.78 is 10.8. The molecule has 1 saturated heterocycles. The predicted molar refractivity (Wildman–Crippen MR) is 68.7 cm³/mol. The van der Waals surface area contributed by atoms with Crippen molar-refractivity contribution in [1.29, 1.82) is 0 Å². The molecule has 0 amide bonds. The van der Waals surface area contributed by atoms with E-state index in [1.165, 1.54) is 5.56 Å². The van der Waals surface area contributed by atoms with Gasteiger partial charge in [-0.2, -0.15) is 0 Å². The number of ether oxygens (including phenoxy) is 2. The minimum absolute atomic E-state index is 0.147. The summed E-state index contributed by atoms with van der Waals surface area (Å²) in [7, 11) is 3.49. The van der Waals surface area contributed by atoms with Gasteiger partial charge in [-0.15, -0.1) is 0 Å². The third-order valence-electron chi connectivity index (χ3n) is 3.66. The van der Waals surface area contributed by atoms with Crippen molar-refractivity contribution in [3.05, 3.63) is 29.8 Å². The van der Waals surface area contributed by atoms with Crippen LogP contribution in [0.4, 0.5) is 0 Å². The molecule has 1 fully saturated rings. The quantitative estimate of drug-likeness (QED) is 0.865. The van der Waals surface area contributed by atoms with Crippen LogP contribution in [0.3, 0.4) is 0 Å². The van der Waals surface area contributed by atoms with Gasteiger partial charge in [0.15, 0.2) is 0 Å². The second-order valence-corrected chi connectivity index (χ2v) is 4.70. The lowest BCUT2D eigenvalue weighted by Crippen LogP contribution is -2.42. The molecule has 1 aromatic carbocycles. The molecule has 0 spiro atoms. The molecule has 3 nitrogen and oxygen atoms in total. The van der Waals surface area contributed by atoms with Crippen molar-refractivity contribution in [1.82, 2.24) is 5.32 Å². The number of piperidine rings is 1. The van der Waals surface area contributed by atoms with Crippen molar-refractivity contribution in [3.63, 3.8) is 0 Å². The van der Waals surface area contributed by atoms with E-state index >= 15 is 0 Å². The van der Waals surface area contributed by atoms with Crippen LogP contribution in [-0.2, 0) is 10.2 Å². The zero-order chi connectivity index (χ0) is 12.1. The van der Waals surface area contributed by atoms with Crippen LogP contribution in [0, 0.1) is 0 Å². The van der Waals surface area contributed by atoms with Gasteiger partial charge in [0.2, 0.25) is 0 Å². The molecule has 1 heterocycles. The van der Waals surface area contributed by atoms with E-state index < -0.39 is 0 Å². The predicted octanol–water partition coefficient (Wildman–Crippen LogP) is 1.96. The Morgan fingerprint density at radius 3 is 2.65 bits per heavy atom. The van der Waals surface area contributed by atoms with Crippen LogP contribution in [0.25, 0.3) is 0 Å². The molecule has 0 radical (unpaired) electrons. The molecule has 1 N–H and O–H groups in total. The van der Waals surface area contributed by atoms with E-state index in [9.17, 15) is 0 Å². The van der Waals surface area contributed by atoms with Gasteiger partial charge in [-0.3, -0.25) is 0 Å². The summed E-state index contributed by atoms with van der Waals surface area (Å²) in [6.45, 7) is 2.89. The van der Waals surface area contributed by atoms with Gasteiger partial charge in [-0.05, 0) is 43.6 Å². The maximum Gasteiger partial charge on any atom is 0.119 e. The summed E-state index contributed by atoms with van der Waals surface area (Å²) in [5.74, 6) is 0.927. The first-order valence-electron chi connectivity index (χ1n) is 6.15. The van der Waals surface area contributed by atoms with E-state index in [4.69, 9.17) is 9.47 Å². The molecular formula is C14H21NO2. The normalized spacial score (nSPS) is 18.9. The average molecular weight is 235 g/mol. The first-order valence-corrected chi connectivity index (χ1v) is 6.15.